The molecule has 0 aliphatic heterocycles. The predicted octanol–water partition coefficient (Wildman–Crippen LogP) is 20.8. The molecular formula is C65H116O6. The molecule has 0 heterocycles. The fourth-order valence-corrected chi connectivity index (χ4v) is 8.90. The van der Waals surface area contributed by atoms with Gasteiger partial charge < -0.3 is 14.2 Å². The summed E-state index contributed by atoms with van der Waals surface area (Å²) in [6.07, 6.45) is 75.2. The molecule has 0 amide bonds. The second kappa shape index (κ2) is 59.7. The minimum absolute atomic E-state index is 0.0729. The molecule has 0 N–H and O–H groups in total. The Kier molecular flexibility index (Phi) is 57.2. The molecule has 0 aromatic rings. The Bertz CT molecular complexity index is 1280. The van der Waals surface area contributed by atoms with Gasteiger partial charge in [0, 0.05) is 19.3 Å². The maximum Gasteiger partial charge on any atom is 0.306 e. The molecule has 71 heavy (non-hydrogen) atoms. The van der Waals surface area contributed by atoms with E-state index in [1.165, 1.54) is 186 Å². The Morgan fingerprint density at radius 1 is 0.296 bits per heavy atom. The normalized spacial score (nSPS) is 12.4. The topological polar surface area (TPSA) is 78.9 Å². The van der Waals surface area contributed by atoms with Crippen LogP contribution in [0.1, 0.15) is 316 Å². The first-order valence-corrected chi connectivity index (χ1v) is 30.8. The van der Waals surface area contributed by atoms with Crippen molar-refractivity contribution >= 4 is 17.9 Å². The number of allylic oxidation sites excluding steroid dienone is 10. The van der Waals surface area contributed by atoms with Crippen LogP contribution in [0.4, 0.5) is 0 Å². The van der Waals surface area contributed by atoms with Crippen molar-refractivity contribution in [2.24, 2.45) is 0 Å². The lowest BCUT2D eigenvalue weighted by Gasteiger charge is -2.18. The summed E-state index contributed by atoms with van der Waals surface area (Å²) in [6, 6.07) is 0. The van der Waals surface area contributed by atoms with Gasteiger partial charge in [-0.15, -0.1) is 0 Å². The molecule has 0 aromatic carbocycles. The number of rotatable bonds is 56. The molecular weight excluding hydrogens is 877 g/mol. The SMILES string of the molecule is CC/C=C\C/C=C\C/C=C\C/C=C\CCCCCCCCCCCCCCCCCCC(=O)OCC(COC(=O)CCCCCCCCCCCC)OC(=O)CCCCCCC/C=C\CCCCCCC. The van der Waals surface area contributed by atoms with Crippen molar-refractivity contribution in [3.63, 3.8) is 0 Å². The summed E-state index contributed by atoms with van der Waals surface area (Å²) in [6.45, 7) is 6.53. The Hall–Kier alpha value is -2.89. The smallest absolute Gasteiger partial charge is 0.306 e. The lowest BCUT2D eigenvalue weighted by molar-refractivity contribution is -0.167. The van der Waals surface area contributed by atoms with E-state index >= 15 is 0 Å². The standard InChI is InChI=1S/C65H116O6/c1-4-7-10-13-16-19-22-24-26-27-28-29-30-31-32-33-34-35-36-37-38-39-40-42-43-46-49-52-55-58-64(67)70-61-62(60-69-63(66)57-54-51-48-45-21-18-15-12-9-6-3)71-65(68)59-56-53-50-47-44-41-25-23-20-17-14-11-8-5-2/h7,10,16,19,23-26,28-29,62H,4-6,8-9,11-15,17-18,20-22,27,30-61H2,1-3H3/b10-7-,19-16-,25-23-,26-24-,29-28-. The van der Waals surface area contributed by atoms with Gasteiger partial charge in [0.05, 0.1) is 0 Å². The Balaban J connectivity index is 4.13. The summed E-state index contributed by atoms with van der Waals surface area (Å²) in [4.78, 5) is 38.1. The second-order valence-electron chi connectivity index (χ2n) is 20.6. The highest BCUT2D eigenvalue weighted by Gasteiger charge is 2.19. The molecule has 0 aliphatic rings. The zero-order valence-electron chi connectivity index (χ0n) is 47.2. The molecule has 0 radical (unpaired) electrons. The van der Waals surface area contributed by atoms with Crippen LogP contribution in [0.25, 0.3) is 0 Å². The summed E-state index contributed by atoms with van der Waals surface area (Å²) in [7, 11) is 0. The van der Waals surface area contributed by atoms with Gasteiger partial charge in [-0.05, 0) is 83.5 Å². The van der Waals surface area contributed by atoms with Crippen LogP contribution in [0.5, 0.6) is 0 Å². The molecule has 6 nitrogen and oxygen atoms in total. The molecule has 1 unspecified atom stereocenters. The van der Waals surface area contributed by atoms with Crippen LogP contribution >= 0.6 is 0 Å². The number of esters is 3. The Morgan fingerprint density at radius 3 is 0.873 bits per heavy atom. The van der Waals surface area contributed by atoms with E-state index in [1.807, 2.05) is 0 Å². The molecule has 0 aliphatic carbocycles. The van der Waals surface area contributed by atoms with Crippen molar-refractivity contribution in [1.82, 2.24) is 0 Å². The van der Waals surface area contributed by atoms with Gasteiger partial charge >= 0.3 is 17.9 Å². The van der Waals surface area contributed by atoms with Crippen LogP contribution in [0.3, 0.4) is 0 Å². The monoisotopic (exact) mass is 993 g/mol. The van der Waals surface area contributed by atoms with E-state index in [-0.39, 0.29) is 31.1 Å². The maximum absolute atomic E-state index is 12.8. The fraction of sp³-hybridized carbons (Fsp3) is 0.800. The number of carbonyl (C=O) groups is 3. The van der Waals surface area contributed by atoms with E-state index in [9.17, 15) is 14.4 Å². The lowest BCUT2D eigenvalue weighted by atomic mass is 10.0. The van der Waals surface area contributed by atoms with E-state index in [0.29, 0.717) is 19.3 Å². The zero-order chi connectivity index (χ0) is 51.4. The Morgan fingerprint density at radius 2 is 0.549 bits per heavy atom. The molecule has 0 aromatic heterocycles. The molecule has 0 bridgehead atoms. The van der Waals surface area contributed by atoms with Crippen molar-refractivity contribution in [1.29, 1.82) is 0 Å². The van der Waals surface area contributed by atoms with Gasteiger partial charge in [0.2, 0.25) is 0 Å². The quantitative estimate of drug-likeness (QED) is 0.0261. The minimum atomic E-state index is -0.774. The van der Waals surface area contributed by atoms with Crippen LogP contribution in [-0.2, 0) is 28.6 Å². The summed E-state index contributed by atoms with van der Waals surface area (Å²) in [5.74, 6) is -0.869. The van der Waals surface area contributed by atoms with Crippen LogP contribution in [0, 0.1) is 0 Å². The van der Waals surface area contributed by atoms with Crippen molar-refractivity contribution in [2.75, 3.05) is 13.2 Å². The van der Waals surface area contributed by atoms with Crippen molar-refractivity contribution < 1.29 is 28.6 Å². The van der Waals surface area contributed by atoms with E-state index in [1.54, 1.807) is 0 Å². The first-order chi connectivity index (χ1) is 35.0. The number of hydrogen-bond donors (Lipinski definition) is 0. The zero-order valence-corrected chi connectivity index (χ0v) is 47.2. The lowest BCUT2D eigenvalue weighted by Crippen LogP contribution is -2.30. The van der Waals surface area contributed by atoms with Crippen LogP contribution < -0.4 is 0 Å². The number of unbranched alkanes of at least 4 members (excludes halogenated alkanes) is 35. The van der Waals surface area contributed by atoms with Crippen LogP contribution in [0.2, 0.25) is 0 Å². The van der Waals surface area contributed by atoms with E-state index in [2.05, 4.69) is 81.5 Å². The molecule has 412 valence electrons. The highest BCUT2D eigenvalue weighted by Crippen LogP contribution is 2.17. The Labute approximate surface area is 440 Å². The van der Waals surface area contributed by atoms with Crippen LogP contribution in [-0.4, -0.2) is 37.2 Å². The van der Waals surface area contributed by atoms with Crippen LogP contribution in [0.15, 0.2) is 60.8 Å². The average molecular weight is 994 g/mol. The first-order valence-electron chi connectivity index (χ1n) is 30.8. The first kappa shape index (κ1) is 68.1. The van der Waals surface area contributed by atoms with Crippen molar-refractivity contribution in [2.45, 2.75) is 322 Å². The van der Waals surface area contributed by atoms with Gasteiger partial charge in [-0.1, -0.05) is 274 Å². The fourth-order valence-electron chi connectivity index (χ4n) is 8.90. The highest BCUT2D eigenvalue weighted by atomic mass is 16.6. The molecule has 0 rings (SSSR count). The van der Waals surface area contributed by atoms with Gasteiger partial charge in [-0.3, -0.25) is 14.4 Å². The maximum atomic E-state index is 12.8. The largest absolute Gasteiger partial charge is 0.462 e. The van der Waals surface area contributed by atoms with E-state index in [4.69, 9.17) is 14.2 Å². The number of hydrogen-bond acceptors (Lipinski definition) is 6. The highest BCUT2D eigenvalue weighted by molar-refractivity contribution is 5.71. The summed E-state index contributed by atoms with van der Waals surface area (Å²) >= 11 is 0. The van der Waals surface area contributed by atoms with Gasteiger partial charge in [0.1, 0.15) is 13.2 Å². The third kappa shape index (κ3) is 57.9. The number of ether oxygens (including phenoxy) is 3. The molecule has 1 atom stereocenters. The van der Waals surface area contributed by atoms with Crippen molar-refractivity contribution in [3.05, 3.63) is 60.8 Å². The predicted molar refractivity (Wildman–Crippen MR) is 307 cm³/mol. The average Bonchev–Trinajstić information content (AvgIpc) is 3.37. The van der Waals surface area contributed by atoms with Gasteiger partial charge in [-0.2, -0.15) is 0 Å². The molecule has 0 saturated heterocycles. The summed E-state index contributed by atoms with van der Waals surface area (Å²) in [5, 5.41) is 0. The number of carbonyl (C=O) groups excluding carboxylic acids is 3. The second-order valence-corrected chi connectivity index (χ2v) is 20.6. The third-order valence-electron chi connectivity index (χ3n) is 13.5. The van der Waals surface area contributed by atoms with Gasteiger partial charge in [0.15, 0.2) is 6.10 Å². The van der Waals surface area contributed by atoms with Crippen molar-refractivity contribution in [3.8, 4) is 0 Å². The summed E-state index contributed by atoms with van der Waals surface area (Å²) < 4.78 is 16.9. The third-order valence-corrected chi connectivity index (χ3v) is 13.5. The molecule has 0 saturated carbocycles. The van der Waals surface area contributed by atoms with E-state index < -0.39 is 6.10 Å². The van der Waals surface area contributed by atoms with E-state index in [0.717, 1.165) is 89.9 Å². The van der Waals surface area contributed by atoms with Gasteiger partial charge in [0.25, 0.3) is 0 Å². The molecule has 0 spiro atoms. The molecule has 6 heteroatoms. The minimum Gasteiger partial charge on any atom is -0.462 e. The summed E-state index contributed by atoms with van der Waals surface area (Å²) in [5.41, 5.74) is 0. The molecule has 0 fully saturated rings. The van der Waals surface area contributed by atoms with Gasteiger partial charge in [-0.25, -0.2) is 0 Å².